The van der Waals surface area contributed by atoms with E-state index in [9.17, 15) is 14.4 Å². The van der Waals surface area contributed by atoms with Gasteiger partial charge in [-0.2, -0.15) is 0 Å². The first-order valence-electron chi connectivity index (χ1n) is 11.2. The van der Waals surface area contributed by atoms with E-state index in [0.29, 0.717) is 36.0 Å². The van der Waals surface area contributed by atoms with Gasteiger partial charge in [0.25, 0.3) is 0 Å². The zero-order chi connectivity index (χ0) is 23.5. The van der Waals surface area contributed by atoms with E-state index in [1.165, 1.54) is 0 Å². The summed E-state index contributed by atoms with van der Waals surface area (Å²) in [5, 5.41) is 3.31. The van der Waals surface area contributed by atoms with Gasteiger partial charge in [0.15, 0.2) is 17.3 Å². The van der Waals surface area contributed by atoms with E-state index < -0.39 is 0 Å². The molecule has 0 bridgehead atoms. The van der Waals surface area contributed by atoms with Crippen molar-refractivity contribution in [2.24, 2.45) is 0 Å². The van der Waals surface area contributed by atoms with Crippen LogP contribution in [0.4, 0.5) is 5.69 Å². The Kier molecular flexibility index (Phi) is 6.36. The van der Waals surface area contributed by atoms with Crippen LogP contribution >= 0.6 is 0 Å². The fourth-order valence-corrected chi connectivity index (χ4v) is 4.27. The molecule has 0 fully saturated rings. The molecule has 4 nitrogen and oxygen atoms in total. The number of hydrogen-bond donors (Lipinski definition) is 1. The summed E-state index contributed by atoms with van der Waals surface area (Å²) in [6.07, 6.45) is 1.14. The molecular formula is C29H27NO3. The van der Waals surface area contributed by atoms with E-state index in [4.69, 9.17) is 0 Å². The summed E-state index contributed by atoms with van der Waals surface area (Å²) in [7, 11) is 0. The zero-order valence-corrected chi connectivity index (χ0v) is 19.2. The number of Topliss-reactive ketones (excluding diaryl/α,β-unsaturated/α-hetero) is 3. The van der Waals surface area contributed by atoms with Gasteiger partial charge in [-0.25, -0.2) is 0 Å². The summed E-state index contributed by atoms with van der Waals surface area (Å²) in [6, 6.07) is 20.7. The van der Waals surface area contributed by atoms with Crippen molar-refractivity contribution in [3.63, 3.8) is 0 Å². The van der Waals surface area contributed by atoms with Crippen LogP contribution in [-0.2, 0) is 17.6 Å². The highest BCUT2D eigenvalue weighted by Crippen LogP contribution is 2.33. The number of hydrogen-bond acceptors (Lipinski definition) is 4. The van der Waals surface area contributed by atoms with Gasteiger partial charge in [0.05, 0.1) is 0 Å². The Labute approximate surface area is 194 Å². The second kappa shape index (κ2) is 9.37. The van der Waals surface area contributed by atoms with Crippen molar-refractivity contribution in [3.8, 4) is 0 Å². The Morgan fingerprint density at radius 2 is 1.61 bits per heavy atom. The number of nitrogens with one attached hydrogen (secondary N) is 1. The van der Waals surface area contributed by atoms with Crippen LogP contribution < -0.4 is 5.32 Å². The summed E-state index contributed by atoms with van der Waals surface area (Å²) < 4.78 is 0. The van der Waals surface area contributed by atoms with Gasteiger partial charge in [-0.3, -0.25) is 14.4 Å². The van der Waals surface area contributed by atoms with Gasteiger partial charge >= 0.3 is 0 Å². The van der Waals surface area contributed by atoms with Crippen LogP contribution in [0.3, 0.4) is 0 Å². The van der Waals surface area contributed by atoms with E-state index in [1.807, 2.05) is 81.4 Å². The fourth-order valence-electron chi connectivity index (χ4n) is 4.27. The van der Waals surface area contributed by atoms with E-state index in [1.54, 1.807) is 6.07 Å². The van der Waals surface area contributed by atoms with Crippen molar-refractivity contribution < 1.29 is 14.4 Å². The second-order valence-electron chi connectivity index (χ2n) is 8.48. The number of rotatable bonds is 7. The van der Waals surface area contributed by atoms with E-state index in [0.717, 1.165) is 33.6 Å². The molecule has 0 saturated heterocycles. The summed E-state index contributed by atoms with van der Waals surface area (Å²) in [4.78, 5) is 37.6. The van der Waals surface area contributed by atoms with Gasteiger partial charge < -0.3 is 5.32 Å². The number of fused-ring (bicyclic) bond motifs is 1. The van der Waals surface area contributed by atoms with Crippen LogP contribution in [0, 0.1) is 6.92 Å². The van der Waals surface area contributed by atoms with Crippen LogP contribution in [-0.4, -0.2) is 17.3 Å². The second-order valence-corrected chi connectivity index (χ2v) is 8.48. The molecular weight excluding hydrogens is 410 g/mol. The molecule has 4 rings (SSSR count). The maximum Gasteiger partial charge on any atom is 0.169 e. The monoisotopic (exact) mass is 437 g/mol. The van der Waals surface area contributed by atoms with Gasteiger partial charge in [0.2, 0.25) is 0 Å². The molecule has 0 amide bonds. The number of ketones is 3. The minimum Gasteiger partial charge on any atom is -0.359 e. The minimum absolute atomic E-state index is 0.0427. The molecule has 0 heterocycles. The molecule has 33 heavy (non-hydrogen) atoms. The highest BCUT2D eigenvalue weighted by atomic mass is 16.1. The molecule has 0 atom stereocenters. The normalized spacial score (nSPS) is 14.1. The lowest BCUT2D eigenvalue weighted by Crippen LogP contribution is -2.06. The molecule has 4 heteroatoms. The Hall–Kier alpha value is -3.79. The minimum atomic E-state index is 0.0427. The fraction of sp³-hybridized carbons (Fsp3) is 0.207. The van der Waals surface area contributed by atoms with Gasteiger partial charge in [0, 0.05) is 47.3 Å². The first-order chi connectivity index (χ1) is 15.9. The molecule has 3 aromatic rings. The maximum absolute atomic E-state index is 12.7. The van der Waals surface area contributed by atoms with Crippen LogP contribution in [0.5, 0.6) is 0 Å². The number of benzene rings is 3. The molecule has 1 aliphatic carbocycles. The van der Waals surface area contributed by atoms with Gasteiger partial charge in [-0.05, 0) is 66.4 Å². The molecule has 1 aliphatic rings. The van der Waals surface area contributed by atoms with Crippen molar-refractivity contribution in [2.75, 3.05) is 5.32 Å². The van der Waals surface area contributed by atoms with Gasteiger partial charge in [-0.1, -0.05) is 43.3 Å². The average molecular weight is 438 g/mol. The Bertz CT molecular complexity index is 1280. The predicted octanol–water partition coefficient (Wildman–Crippen LogP) is 5.98. The molecule has 0 spiro atoms. The Morgan fingerprint density at radius 3 is 2.30 bits per heavy atom. The lowest BCUT2D eigenvalue weighted by Gasteiger charge is -2.12. The largest absolute Gasteiger partial charge is 0.359 e. The van der Waals surface area contributed by atoms with E-state index in [-0.39, 0.29) is 17.3 Å². The summed E-state index contributed by atoms with van der Waals surface area (Å²) >= 11 is 0. The van der Waals surface area contributed by atoms with Gasteiger partial charge in [0.1, 0.15) is 0 Å². The number of anilines is 1. The van der Waals surface area contributed by atoms with Crippen molar-refractivity contribution in [2.45, 2.75) is 40.0 Å². The van der Waals surface area contributed by atoms with Crippen LogP contribution in [0.2, 0.25) is 0 Å². The van der Waals surface area contributed by atoms with Crippen molar-refractivity contribution in [1.82, 2.24) is 0 Å². The molecule has 0 saturated carbocycles. The Morgan fingerprint density at radius 1 is 0.909 bits per heavy atom. The smallest absolute Gasteiger partial charge is 0.169 e. The lowest BCUT2D eigenvalue weighted by molar-refractivity contribution is -0.112. The molecule has 0 aliphatic heterocycles. The molecule has 1 N–H and O–H groups in total. The number of carbonyl (C=O) groups is 3. The standard InChI is InChI=1S/C29H27NO3/c1-4-26(31)23-10-9-22-17-28(33)29(25(22)15-23)19(3)30-24-13-11-20(12-14-24)27(32)16-21-8-6-5-7-18(21)2/h5-15,30H,4,16-17H2,1-3H3/b29-19-. The third-order valence-electron chi connectivity index (χ3n) is 6.18. The van der Waals surface area contributed by atoms with E-state index >= 15 is 0 Å². The quantitative estimate of drug-likeness (QED) is 0.365. The topological polar surface area (TPSA) is 63.2 Å². The van der Waals surface area contributed by atoms with Crippen LogP contribution in [0.25, 0.3) is 5.57 Å². The first-order valence-corrected chi connectivity index (χ1v) is 11.2. The number of aryl methyl sites for hydroxylation is 1. The lowest BCUT2D eigenvalue weighted by atomic mass is 9.99. The maximum atomic E-state index is 12.7. The third kappa shape index (κ3) is 4.70. The first kappa shape index (κ1) is 22.4. The highest BCUT2D eigenvalue weighted by Gasteiger charge is 2.27. The average Bonchev–Trinajstić information content (AvgIpc) is 3.15. The molecule has 0 radical (unpaired) electrons. The number of carbonyl (C=O) groups excluding carboxylic acids is 3. The van der Waals surface area contributed by atoms with Crippen molar-refractivity contribution in [1.29, 1.82) is 0 Å². The summed E-state index contributed by atoms with van der Waals surface area (Å²) in [5.74, 6) is 0.174. The van der Waals surface area contributed by atoms with Crippen LogP contribution in [0.15, 0.2) is 72.4 Å². The Balaban J connectivity index is 1.54. The van der Waals surface area contributed by atoms with Gasteiger partial charge in [-0.15, -0.1) is 0 Å². The van der Waals surface area contributed by atoms with Crippen LogP contribution in [0.1, 0.15) is 63.2 Å². The summed E-state index contributed by atoms with van der Waals surface area (Å²) in [6.45, 7) is 5.71. The highest BCUT2D eigenvalue weighted by molar-refractivity contribution is 6.26. The van der Waals surface area contributed by atoms with Crippen molar-refractivity contribution >= 4 is 28.6 Å². The zero-order valence-electron chi connectivity index (χ0n) is 19.2. The molecule has 3 aromatic carbocycles. The molecule has 166 valence electrons. The van der Waals surface area contributed by atoms with Crippen molar-refractivity contribution in [3.05, 3.63) is 106 Å². The third-order valence-corrected chi connectivity index (χ3v) is 6.18. The summed E-state index contributed by atoms with van der Waals surface area (Å²) in [5.41, 5.74) is 7.35. The van der Waals surface area contributed by atoms with E-state index in [2.05, 4.69) is 5.32 Å². The predicted molar refractivity (Wildman–Crippen MR) is 132 cm³/mol. The molecule has 0 unspecified atom stereocenters. The number of allylic oxidation sites excluding steroid dienone is 2. The molecule has 0 aromatic heterocycles. The SMILES string of the molecule is CCC(=O)c1ccc2c(c1)/C(=C(\C)Nc1ccc(C(=O)Cc3ccccc3C)cc1)C(=O)C2.